The Labute approximate surface area is 98.6 Å². The molecule has 16 heavy (non-hydrogen) atoms. The van der Waals surface area contributed by atoms with Crippen molar-refractivity contribution in [3.63, 3.8) is 0 Å². The Hall–Kier alpha value is -1.26. The van der Waals surface area contributed by atoms with Crippen LogP contribution in [-0.2, 0) is 4.79 Å². The molecule has 1 aromatic rings. The van der Waals surface area contributed by atoms with E-state index in [0.717, 1.165) is 5.56 Å². The summed E-state index contributed by atoms with van der Waals surface area (Å²) in [5.74, 6) is -0.151. The number of hydrogen-bond donors (Lipinski definition) is 2. The van der Waals surface area contributed by atoms with Gasteiger partial charge in [0.15, 0.2) is 0 Å². The van der Waals surface area contributed by atoms with Crippen LogP contribution < -0.4 is 5.32 Å². The van der Waals surface area contributed by atoms with Crippen LogP contribution in [0.25, 0.3) is 6.08 Å². The van der Waals surface area contributed by atoms with Gasteiger partial charge < -0.3 is 5.11 Å². The van der Waals surface area contributed by atoms with Crippen molar-refractivity contribution in [3.8, 4) is 0 Å². The topological polar surface area (TPSA) is 49.3 Å². The average molecular weight is 235 g/mol. The van der Waals surface area contributed by atoms with Gasteiger partial charge in [-0.05, 0) is 5.56 Å². The molecule has 2 rings (SSSR count). The Morgan fingerprint density at radius 2 is 2.19 bits per heavy atom. The summed E-state index contributed by atoms with van der Waals surface area (Å²) in [7, 11) is 0. The van der Waals surface area contributed by atoms with Crippen molar-refractivity contribution < 1.29 is 9.90 Å². The highest BCUT2D eigenvalue weighted by molar-refractivity contribution is 8.00. The first-order valence-electron chi connectivity index (χ1n) is 5.09. The van der Waals surface area contributed by atoms with E-state index >= 15 is 0 Å². The van der Waals surface area contributed by atoms with E-state index in [2.05, 4.69) is 5.32 Å². The molecule has 0 saturated carbocycles. The Morgan fingerprint density at radius 3 is 2.81 bits per heavy atom. The fourth-order valence-corrected chi connectivity index (χ4v) is 2.60. The number of carboxylic acid groups (broad SMARTS) is 1. The van der Waals surface area contributed by atoms with Gasteiger partial charge in [-0.3, -0.25) is 10.1 Å². The predicted octanol–water partition coefficient (Wildman–Crippen LogP) is 1.82. The first-order chi connectivity index (χ1) is 7.75. The maximum atomic E-state index is 10.7. The number of benzene rings is 1. The zero-order valence-corrected chi connectivity index (χ0v) is 9.48. The molecule has 0 aliphatic carbocycles. The minimum atomic E-state index is -0.775. The molecule has 1 aliphatic heterocycles. The summed E-state index contributed by atoms with van der Waals surface area (Å²) in [6.45, 7) is 0. The van der Waals surface area contributed by atoms with Crippen molar-refractivity contribution in [2.75, 3.05) is 5.75 Å². The lowest BCUT2D eigenvalue weighted by Crippen LogP contribution is -2.35. The van der Waals surface area contributed by atoms with Gasteiger partial charge in [0.05, 0.1) is 5.37 Å². The quantitative estimate of drug-likeness (QED) is 0.839. The van der Waals surface area contributed by atoms with Crippen LogP contribution >= 0.6 is 11.8 Å². The number of hydrogen-bond acceptors (Lipinski definition) is 3. The highest BCUT2D eigenvalue weighted by Crippen LogP contribution is 2.20. The van der Waals surface area contributed by atoms with Gasteiger partial charge in [0, 0.05) is 5.75 Å². The third-order valence-electron chi connectivity index (χ3n) is 2.37. The van der Waals surface area contributed by atoms with Crippen LogP contribution in [0.2, 0.25) is 0 Å². The van der Waals surface area contributed by atoms with Crippen molar-refractivity contribution in [1.82, 2.24) is 5.32 Å². The molecular weight excluding hydrogens is 222 g/mol. The number of carbonyl (C=O) groups is 1. The van der Waals surface area contributed by atoms with E-state index in [1.165, 1.54) is 0 Å². The number of carboxylic acids is 1. The van der Waals surface area contributed by atoms with Crippen LogP contribution in [0, 0.1) is 0 Å². The van der Waals surface area contributed by atoms with Crippen molar-refractivity contribution in [2.45, 2.75) is 11.4 Å². The molecule has 0 aromatic heterocycles. The monoisotopic (exact) mass is 235 g/mol. The highest BCUT2D eigenvalue weighted by Gasteiger charge is 2.27. The zero-order chi connectivity index (χ0) is 11.4. The van der Waals surface area contributed by atoms with E-state index in [4.69, 9.17) is 5.11 Å². The highest BCUT2D eigenvalue weighted by atomic mass is 32.2. The lowest BCUT2D eigenvalue weighted by Gasteiger charge is -2.05. The molecule has 1 fully saturated rings. The summed E-state index contributed by atoms with van der Waals surface area (Å²) in [5, 5.41) is 12.0. The molecule has 1 aromatic carbocycles. The van der Waals surface area contributed by atoms with E-state index in [9.17, 15) is 4.79 Å². The van der Waals surface area contributed by atoms with Crippen LogP contribution in [0.5, 0.6) is 0 Å². The molecule has 4 heteroatoms. The average Bonchev–Trinajstić information content (AvgIpc) is 2.76. The largest absolute Gasteiger partial charge is 0.480 e. The summed E-state index contributed by atoms with van der Waals surface area (Å²) in [6, 6.07) is 9.55. The van der Waals surface area contributed by atoms with Crippen LogP contribution in [-0.4, -0.2) is 28.2 Å². The third-order valence-corrected chi connectivity index (χ3v) is 3.55. The molecule has 84 valence electrons. The Balaban J connectivity index is 1.92. The molecule has 1 saturated heterocycles. The number of thioether (sulfide) groups is 1. The van der Waals surface area contributed by atoms with Crippen molar-refractivity contribution in [1.29, 1.82) is 0 Å². The predicted molar refractivity (Wildman–Crippen MR) is 66.3 cm³/mol. The molecule has 2 atom stereocenters. The Morgan fingerprint density at radius 1 is 1.44 bits per heavy atom. The van der Waals surface area contributed by atoms with Gasteiger partial charge in [-0.1, -0.05) is 42.5 Å². The lowest BCUT2D eigenvalue weighted by atomic mass is 10.2. The molecular formula is C12H13NO2S. The molecule has 2 N–H and O–H groups in total. The number of rotatable bonds is 3. The molecule has 0 bridgehead atoms. The van der Waals surface area contributed by atoms with Gasteiger partial charge in [-0.2, -0.15) is 0 Å². The minimum absolute atomic E-state index is 0.0984. The van der Waals surface area contributed by atoms with Crippen LogP contribution in [0.1, 0.15) is 5.56 Å². The standard InChI is InChI=1S/C12H13NO2S/c14-12(15)10-8-16-11(13-10)7-6-9-4-2-1-3-5-9/h1-7,10-11,13H,8H2,(H,14,15)/b7-6+/t10-,11+/m0/s1. The maximum absolute atomic E-state index is 10.7. The van der Waals surface area contributed by atoms with E-state index in [0.29, 0.717) is 5.75 Å². The summed E-state index contributed by atoms with van der Waals surface area (Å²) < 4.78 is 0. The van der Waals surface area contributed by atoms with E-state index < -0.39 is 12.0 Å². The minimum Gasteiger partial charge on any atom is -0.480 e. The lowest BCUT2D eigenvalue weighted by molar-refractivity contribution is -0.138. The second-order valence-electron chi connectivity index (χ2n) is 3.58. The molecule has 3 nitrogen and oxygen atoms in total. The second kappa shape index (κ2) is 5.18. The fourth-order valence-electron chi connectivity index (χ4n) is 1.51. The zero-order valence-electron chi connectivity index (χ0n) is 8.67. The number of nitrogens with one attached hydrogen (secondary N) is 1. The van der Waals surface area contributed by atoms with Gasteiger partial charge in [-0.25, -0.2) is 0 Å². The Kier molecular flexibility index (Phi) is 3.64. The van der Waals surface area contributed by atoms with Crippen molar-refractivity contribution in [3.05, 3.63) is 42.0 Å². The summed E-state index contributed by atoms with van der Waals surface area (Å²) in [6.07, 6.45) is 4.01. The van der Waals surface area contributed by atoms with Gasteiger partial charge in [0.2, 0.25) is 0 Å². The SMILES string of the molecule is O=C(O)[C@@H]1CS[C@H](/C=C/c2ccccc2)N1. The molecule has 1 heterocycles. The normalized spacial score (nSPS) is 25.0. The Bertz CT molecular complexity index is 391. The van der Waals surface area contributed by atoms with Crippen LogP contribution in [0.3, 0.4) is 0 Å². The smallest absolute Gasteiger partial charge is 0.321 e. The van der Waals surface area contributed by atoms with Crippen molar-refractivity contribution >= 4 is 23.8 Å². The third kappa shape index (κ3) is 2.87. The molecule has 1 aliphatic rings. The summed E-state index contributed by atoms with van der Waals surface area (Å²) >= 11 is 1.62. The second-order valence-corrected chi connectivity index (χ2v) is 4.76. The molecule has 0 spiro atoms. The fraction of sp³-hybridized carbons (Fsp3) is 0.250. The van der Waals surface area contributed by atoms with Crippen LogP contribution in [0.15, 0.2) is 36.4 Å². The van der Waals surface area contributed by atoms with Gasteiger partial charge in [-0.15, -0.1) is 11.8 Å². The van der Waals surface area contributed by atoms with Crippen LogP contribution in [0.4, 0.5) is 0 Å². The van der Waals surface area contributed by atoms with Gasteiger partial charge in [0.1, 0.15) is 6.04 Å². The van der Waals surface area contributed by atoms with E-state index in [-0.39, 0.29) is 5.37 Å². The summed E-state index contributed by atoms with van der Waals surface area (Å²) in [4.78, 5) is 10.7. The summed E-state index contributed by atoms with van der Waals surface area (Å²) in [5.41, 5.74) is 1.13. The van der Waals surface area contributed by atoms with E-state index in [1.54, 1.807) is 11.8 Å². The first-order valence-corrected chi connectivity index (χ1v) is 6.14. The molecule has 0 radical (unpaired) electrons. The maximum Gasteiger partial charge on any atom is 0.321 e. The van der Waals surface area contributed by atoms with Crippen molar-refractivity contribution in [2.24, 2.45) is 0 Å². The van der Waals surface area contributed by atoms with Gasteiger partial charge >= 0.3 is 5.97 Å². The first kappa shape index (κ1) is 11.2. The number of aliphatic carboxylic acids is 1. The molecule has 0 amide bonds. The van der Waals surface area contributed by atoms with Gasteiger partial charge in [0.25, 0.3) is 0 Å². The molecule has 0 unspecified atom stereocenters. The van der Waals surface area contributed by atoms with E-state index in [1.807, 2.05) is 42.5 Å².